The molecule has 0 bridgehead atoms. The van der Waals surface area contributed by atoms with Crippen molar-refractivity contribution in [1.29, 1.82) is 0 Å². The van der Waals surface area contributed by atoms with Gasteiger partial charge < -0.3 is 10.2 Å². The minimum Gasteiger partial charge on any atom is -0.512 e. The van der Waals surface area contributed by atoms with Crippen molar-refractivity contribution in [2.24, 2.45) is 34.0 Å². The fourth-order valence-corrected chi connectivity index (χ4v) is 10.2. The van der Waals surface area contributed by atoms with Gasteiger partial charge in [0.05, 0.1) is 11.0 Å². The number of fused-ring (bicyclic) bond motifs is 5. The predicted molar refractivity (Wildman–Crippen MR) is 103 cm³/mol. The van der Waals surface area contributed by atoms with E-state index in [1.165, 1.54) is 18.6 Å². The van der Waals surface area contributed by atoms with Gasteiger partial charge in [0.15, 0.2) is 9.84 Å². The van der Waals surface area contributed by atoms with Crippen LogP contribution in [0.15, 0.2) is 23.7 Å². The number of rotatable bonds is 0. The minimum atomic E-state index is -3.42. The zero-order chi connectivity index (χ0) is 19.1. The molecule has 0 spiro atoms. The van der Waals surface area contributed by atoms with E-state index in [-0.39, 0.29) is 39.4 Å². The Balaban J connectivity index is 1.85. The van der Waals surface area contributed by atoms with Gasteiger partial charge in [-0.1, -0.05) is 34.1 Å². The van der Waals surface area contributed by atoms with E-state index in [0.29, 0.717) is 5.92 Å². The minimum absolute atomic E-state index is 0.0176. The summed E-state index contributed by atoms with van der Waals surface area (Å²) in [7, 11) is -3.42. The Labute approximate surface area is 157 Å². The van der Waals surface area contributed by atoms with Crippen molar-refractivity contribution >= 4 is 9.84 Å². The van der Waals surface area contributed by atoms with E-state index in [0.717, 1.165) is 25.7 Å². The van der Waals surface area contributed by atoms with Crippen LogP contribution < -0.4 is 0 Å². The summed E-state index contributed by atoms with van der Waals surface area (Å²) in [6, 6.07) is 0. The molecule has 0 aromatic carbocycles. The molecule has 0 aromatic rings. The van der Waals surface area contributed by atoms with E-state index in [4.69, 9.17) is 0 Å². The van der Waals surface area contributed by atoms with Crippen LogP contribution in [0.2, 0.25) is 0 Å². The molecule has 1 saturated heterocycles. The molecule has 6 atom stereocenters. The number of aliphatic hydroxyl groups is 2. The Morgan fingerprint density at radius 1 is 1.00 bits per heavy atom. The molecule has 0 aromatic heterocycles. The average Bonchev–Trinajstić information content (AvgIpc) is 2.48. The number of sulfone groups is 1. The highest BCUT2D eigenvalue weighted by atomic mass is 32.2. The number of aliphatic hydroxyl groups excluding tert-OH is 2. The maximum Gasteiger partial charge on any atom is 0.157 e. The molecule has 4 aliphatic rings. The van der Waals surface area contributed by atoms with Crippen LogP contribution in [0.4, 0.5) is 0 Å². The van der Waals surface area contributed by atoms with Crippen molar-refractivity contribution < 1.29 is 18.6 Å². The lowest BCUT2D eigenvalue weighted by Crippen LogP contribution is -2.64. The third-order valence-electron chi connectivity index (χ3n) is 8.64. The molecule has 4 rings (SSSR count). The van der Waals surface area contributed by atoms with Gasteiger partial charge in [-0.25, -0.2) is 8.42 Å². The smallest absolute Gasteiger partial charge is 0.157 e. The van der Waals surface area contributed by atoms with Gasteiger partial charge in [-0.2, -0.15) is 0 Å². The van der Waals surface area contributed by atoms with Crippen LogP contribution in [-0.2, 0) is 9.84 Å². The summed E-state index contributed by atoms with van der Waals surface area (Å²) in [5.41, 5.74) is -0.0414. The van der Waals surface area contributed by atoms with Gasteiger partial charge >= 0.3 is 0 Å². The molecule has 5 heteroatoms. The molecule has 4 nitrogen and oxygen atoms in total. The molecule has 1 heterocycles. The molecule has 146 valence electrons. The second kappa shape index (κ2) is 5.30. The first-order valence-electron chi connectivity index (χ1n) is 9.95. The van der Waals surface area contributed by atoms with Crippen LogP contribution in [0.1, 0.15) is 59.8 Å². The van der Waals surface area contributed by atoms with Gasteiger partial charge in [-0.05, 0) is 59.8 Å². The third kappa shape index (κ3) is 2.28. The largest absolute Gasteiger partial charge is 0.512 e. The van der Waals surface area contributed by atoms with Gasteiger partial charge in [-0.15, -0.1) is 0 Å². The first-order valence-corrected chi connectivity index (χ1v) is 11.7. The second-order valence-corrected chi connectivity index (χ2v) is 12.6. The SMILES string of the molecule is CC1(C)CCC[C@]2(C)[C@H]3CS(=O)(=O)C4C=C(O)C=C(O)C4[C@]3(C)CC[C@@H]12. The zero-order valence-corrected chi connectivity index (χ0v) is 17.1. The zero-order valence-electron chi connectivity index (χ0n) is 16.3. The Morgan fingerprint density at radius 3 is 2.38 bits per heavy atom. The van der Waals surface area contributed by atoms with Gasteiger partial charge in [0, 0.05) is 12.0 Å². The van der Waals surface area contributed by atoms with Crippen LogP contribution >= 0.6 is 0 Å². The number of hydrogen-bond acceptors (Lipinski definition) is 4. The summed E-state index contributed by atoms with van der Waals surface area (Å²) in [5.74, 6) is 0.210. The molecule has 2 saturated carbocycles. The molecule has 1 aliphatic heterocycles. The Morgan fingerprint density at radius 2 is 1.69 bits per heavy atom. The molecular formula is C21H32O4S. The topological polar surface area (TPSA) is 74.6 Å². The molecule has 0 radical (unpaired) electrons. The van der Waals surface area contributed by atoms with Crippen molar-refractivity contribution in [2.75, 3.05) is 5.75 Å². The lowest BCUT2D eigenvalue weighted by atomic mass is 9.41. The highest BCUT2D eigenvalue weighted by Gasteiger charge is 2.66. The van der Waals surface area contributed by atoms with Crippen LogP contribution in [0.25, 0.3) is 0 Å². The van der Waals surface area contributed by atoms with Crippen LogP contribution in [0, 0.1) is 34.0 Å². The molecule has 26 heavy (non-hydrogen) atoms. The molecular weight excluding hydrogens is 348 g/mol. The predicted octanol–water partition coefficient (Wildman–Crippen LogP) is 4.55. The van der Waals surface area contributed by atoms with Crippen LogP contribution in [0.3, 0.4) is 0 Å². The lowest BCUT2D eigenvalue weighted by Gasteiger charge is -2.66. The molecule has 3 fully saturated rings. The van der Waals surface area contributed by atoms with E-state index in [2.05, 4.69) is 27.7 Å². The fourth-order valence-electron chi connectivity index (χ4n) is 7.53. The quantitative estimate of drug-likeness (QED) is 0.647. The van der Waals surface area contributed by atoms with Crippen LogP contribution in [0.5, 0.6) is 0 Å². The van der Waals surface area contributed by atoms with Gasteiger partial charge in [0.1, 0.15) is 11.5 Å². The first-order chi connectivity index (χ1) is 11.9. The summed E-state index contributed by atoms with van der Waals surface area (Å²) in [5, 5.41) is 19.8. The van der Waals surface area contributed by atoms with E-state index < -0.39 is 21.0 Å². The second-order valence-electron chi connectivity index (χ2n) is 10.4. The molecule has 0 amide bonds. The Kier molecular flexibility index (Phi) is 3.75. The van der Waals surface area contributed by atoms with Crippen molar-refractivity contribution in [3.8, 4) is 0 Å². The maximum atomic E-state index is 13.2. The van der Waals surface area contributed by atoms with Crippen molar-refractivity contribution in [2.45, 2.75) is 65.0 Å². The fraction of sp³-hybridized carbons (Fsp3) is 0.810. The third-order valence-corrected chi connectivity index (χ3v) is 10.7. The lowest BCUT2D eigenvalue weighted by molar-refractivity contribution is -0.140. The van der Waals surface area contributed by atoms with E-state index >= 15 is 0 Å². The van der Waals surface area contributed by atoms with Gasteiger partial charge in [0.25, 0.3) is 0 Å². The number of allylic oxidation sites excluding steroid dienone is 2. The summed E-state index contributed by atoms with van der Waals surface area (Å²) < 4.78 is 26.4. The molecule has 2 N–H and O–H groups in total. The first kappa shape index (κ1) is 18.4. The summed E-state index contributed by atoms with van der Waals surface area (Å²) in [4.78, 5) is 0. The van der Waals surface area contributed by atoms with Crippen molar-refractivity contribution in [1.82, 2.24) is 0 Å². The average molecular weight is 381 g/mol. The number of hydrogen-bond donors (Lipinski definition) is 2. The van der Waals surface area contributed by atoms with Crippen LogP contribution in [-0.4, -0.2) is 29.6 Å². The maximum absolute atomic E-state index is 13.2. The highest BCUT2D eigenvalue weighted by Crippen LogP contribution is 2.68. The standard InChI is InChI=1S/C21H32O4S/c1-19(2)7-5-8-20(3)16(19)6-9-21(4)17(20)12-26(24,25)15-11-13(22)10-14(23)18(15)21/h10-11,15-18,22-23H,5-9,12H2,1-4H3/t15?,16-,17+,18?,20-,21+/m0/s1. The summed E-state index contributed by atoms with van der Waals surface area (Å²) in [6.45, 7) is 9.19. The summed E-state index contributed by atoms with van der Waals surface area (Å²) >= 11 is 0. The van der Waals surface area contributed by atoms with E-state index in [1.54, 1.807) is 0 Å². The Bertz CT molecular complexity index is 793. The van der Waals surface area contributed by atoms with E-state index in [9.17, 15) is 18.6 Å². The summed E-state index contributed by atoms with van der Waals surface area (Å²) in [6.07, 6.45) is 8.23. The van der Waals surface area contributed by atoms with E-state index in [1.807, 2.05) is 0 Å². The van der Waals surface area contributed by atoms with Crippen molar-refractivity contribution in [3.63, 3.8) is 0 Å². The monoisotopic (exact) mass is 380 g/mol. The Hall–Kier alpha value is -0.970. The van der Waals surface area contributed by atoms with Gasteiger partial charge in [0.2, 0.25) is 0 Å². The molecule has 3 aliphatic carbocycles. The highest BCUT2D eigenvalue weighted by molar-refractivity contribution is 7.92. The normalized spacial score (nSPS) is 49.1. The molecule has 2 unspecified atom stereocenters. The van der Waals surface area contributed by atoms with Crippen molar-refractivity contribution in [3.05, 3.63) is 23.7 Å². The van der Waals surface area contributed by atoms with Gasteiger partial charge in [-0.3, -0.25) is 0 Å².